The van der Waals surface area contributed by atoms with Gasteiger partial charge in [0.2, 0.25) is 5.91 Å². The second-order valence-corrected chi connectivity index (χ2v) is 8.20. The topological polar surface area (TPSA) is 71.2 Å². The summed E-state index contributed by atoms with van der Waals surface area (Å²) in [5.41, 5.74) is 3.63. The lowest BCUT2D eigenvalue weighted by molar-refractivity contribution is -0.147. The number of benzene rings is 3. The third-order valence-electron chi connectivity index (χ3n) is 5.96. The lowest BCUT2D eigenvalue weighted by atomic mass is 9.95. The summed E-state index contributed by atoms with van der Waals surface area (Å²) < 4.78 is 20.1. The van der Waals surface area contributed by atoms with Crippen LogP contribution in [-0.2, 0) is 20.7 Å². The predicted molar refractivity (Wildman–Crippen MR) is 131 cm³/mol. The third kappa shape index (κ3) is 5.01. The molecular weight excluding hydrogens is 431 g/mol. The molecule has 0 radical (unpaired) electrons. The van der Waals surface area contributed by atoms with Crippen molar-refractivity contribution in [3.63, 3.8) is 0 Å². The first-order valence-corrected chi connectivity index (χ1v) is 11.3. The number of hydrogen-bond acceptors (Lipinski definition) is 3. The standard InChI is InChI=1S/C28H27FN2O3/c1-3-34-28(33)26(16-21-17-30-25-12-8-7-11-23(21)25)31-27(32)18(2)20-13-14-22(24(29)15-20)19-9-5-4-6-10-19/h4-15,17-18,26,30H,3,16H2,1-2H3,(H,31,32)/t18?,26-/m0/s1. The third-order valence-corrected chi connectivity index (χ3v) is 5.96. The molecule has 3 aromatic carbocycles. The first kappa shape index (κ1) is 23.2. The number of aromatic amines is 1. The first-order valence-electron chi connectivity index (χ1n) is 11.3. The van der Waals surface area contributed by atoms with Crippen LogP contribution < -0.4 is 5.32 Å². The molecule has 1 amide bonds. The van der Waals surface area contributed by atoms with Crippen LogP contribution in [0.5, 0.6) is 0 Å². The van der Waals surface area contributed by atoms with Gasteiger partial charge in [0.25, 0.3) is 0 Å². The smallest absolute Gasteiger partial charge is 0.328 e. The molecule has 5 nitrogen and oxygen atoms in total. The van der Waals surface area contributed by atoms with E-state index in [2.05, 4.69) is 10.3 Å². The van der Waals surface area contributed by atoms with Crippen molar-refractivity contribution in [2.24, 2.45) is 0 Å². The van der Waals surface area contributed by atoms with E-state index in [0.717, 1.165) is 22.0 Å². The van der Waals surface area contributed by atoms with Gasteiger partial charge in [-0.1, -0.05) is 60.7 Å². The summed E-state index contributed by atoms with van der Waals surface area (Å²) in [6, 6.07) is 21.0. The van der Waals surface area contributed by atoms with Gasteiger partial charge in [0.1, 0.15) is 11.9 Å². The van der Waals surface area contributed by atoms with Crippen molar-refractivity contribution >= 4 is 22.8 Å². The predicted octanol–water partition coefficient (Wildman–Crippen LogP) is 5.37. The Hall–Kier alpha value is -3.93. The number of carbonyl (C=O) groups excluding carboxylic acids is 2. The Bertz CT molecular complexity index is 1300. The summed E-state index contributed by atoms with van der Waals surface area (Å²) in [6.07, 6.45) is 2.12. The van der Waals surface area contributed by atoms with E-state index in [1.165, 1.54) is 6.07 Å². The molecule has 174 valence electrons. The Morgan fingerprint density at radius 2 is 1.76 bits per heavy atom. The van der Waals surface area contributed by atoms with Gasteiger partial charge in [0.05, 0.1) is 12.5 Å². The number of fused-ring (bicyclic) bond motifs is 1. The van der Waals surface area contributed by atoms with Gasteiger partial charge in [-0.05, 0) is 42.7 Å². The summed E-state index contributed by atoms with van der Waals surface area (Å²) in [7, 11) is 0. The van der Waals surface area contributed by atoms with Crippen LogP contribution in [0.1, 0.15) is 30.9 Å². The zero-order valence-electron chi connectivity index (χ0n) is 19.2. The van der Waals surface area contributed by atoms with Crippen molar-refractivity contribution in [3.8, 4) is 11.1 Å². The lowest BCUT2D eigenvalue weighted by Crippen LogP contribution is -2.45. The summed E-state index contributed by atoms with van der Waals surface area (Å²) >= 11 is 0. The number of amides is 1. The lowest BCUT2D eigenvalue weighted by Gasteiger charge is -2.20. The van der Waals surface area contributed by atoms with Gasteiger partial charge < -0.3 is 15.0 Å². The van der Waals surface area contributed by atoms with Crippen LogP contribution in [0.2, 0.25) is 0 Å². The Kier molecular flexibility index (Phi) is 7.07. The summed E-state index contributed by atoms with van der Waals surface area (Å²) in [5.74, 6) is -1.92. The fourth-order valence-corrected chi connectivity index (χ4v) is 4.06. The maximum Gasteiger partial charge on any atom is 0.328 e. The number of ether oxygens (including phenoxy) is 1. The van der Waals surface area contributed by atoms with Crippen molar-refractivity contribution < 1.29 is 18.7 Å². The Morgan fingerprint density at radius 3 is 2.50 bits per heavy atom. The largest absolute Gasteiger partial charge is 0.464 e. The van der Waals surface area contributed by atoms with E-state index in [0.29, 0.717) is 11.1 Å². The van der Waals surface area contributed by atoms with Crippen LogP contribution in [-0.4, -0.2) is 29.5 Å². The monoisotopic (exact) mass is 458 g/mol. The van der Waals surface area contributed by atoms with E-state index in [4.69, 9.17) is 4.74 Å². The molecule has 0 saturated heterocycles. The highest BCUT2D eigenvalue weighted by molar-refractivity contribution is 5.90. The van der Waals surface area contributed by atoms with Gasteiger partial charge in [0, 0.05) is 29.1 Å². The summed E-state index contributed by atoms with van der Waals surface area (Å²) in [4.78, 5) is 28.9. The van der Waals surface area contributed by atoms with Gasteiger partial charge in [-0.2, -0.15) is 0 Å². The van der Waals surface area contributed by atoms with Gasteiger partial charge in [-0.3, -0.25) is 4.79 Å². The number of carbonyl (C=O) groups is 2. The van der Waals surface area contributed by atoms with Crippen LogP contribution in [0.15, 0.2) is 79.0 Å². The summed E-state index contributed by atoms with van der Waals surface area (Å²) in [5, 5.41) is 3.80. The molecule has 34 heavy (non-hydrogen) atoms. The SMILES string of the molecule is CCOC(=O)[C@H](Cc1c[nH]c2ccccc12)NC(=O)C(C)c1ccc(-c2ccccc2)c(F)c1. The highest BCUT2D eigenvalue weighted by atomic mass is 19.1. The van der Waals surface area contributed by atoms with Crippen molar-refractivity contribution in [1.29, 1.82) is 0 Å². The molecule has 0 fully saturated rings. The van der Waals surface area contributed by atoms with Crippen LogP contribution in [0, 0.1) is 5.82 Å². The molecule has 0 aliphatic carbocycles. The maximum atomic E-state index is 14.8. The Labute approximate surface area is 198 Å². The number of rotatable bonds is 8. The highest BCUT2D eigenvalue weighted by Gasteiger charge is 2.27. The second-order valence-electron chi connectivity index (χ2n) is 8.20. The molecule has 4 aromatic rings. The maximum absolute atomic E-state index is 14.8. The van der Waals surface area contributed by atoms with Crippen LogP contribution in [0.3, 0.4) is 0 Å². The molecular formula is C28H27FN2O3. The van der Waals surface area contributed by atoms with E-state index in [-0.39, 0.29) is 18.9 Å². The molecule has 0 aliphatic heterocycles. The molecule has 1 heterocycles. The molecule has 0 bridgehead atoms. The van der Waals surface area contributed by atoms with E-state index >= 15 is 0 Å². The fraction of sp³-hybridized carbons (Fsp3) is 0.214. The normalized spacial score (nSPS) is 12.8. The molecule has 2 atom stereocenters. The van der Waals surface area contributed by atoms with E-state index < -0.39 is 23.7 Å². The Morgan fingerprint density at radius 1 is 1.03 bits per heavy atom. The van der Waals surface area contributed by atoms with Gasteiger partial charge >= 0.3 is 5.97 Å². The molecule has 0 saturated carbocycles. The minimum absolute atomic E-state index is 0.209. The Balaban J connectivity index is 1.52. The zero-order chi connectivity index (χ0) is 24.1. The van der Waals surface area contributed by atoms with Gasteiger partial charge in [-0.25, -0.2) is 9.18 Å². The van der Waals surface area contributed by atoms with Crippen molar-refractivity contribution in [2.75, 3.05) is 6.61 Å². The van der Waals surface area contributed by atoms with Gasteiger partial charge in [0.15, 0.2) is 0 Å². The number of esters is 1. The fourth-order valence-electron chi connectivity index (χ4n) is 4.06. The molecule has 6 heteroatoms. The van der Waals surface area contributed by atoms with E-state index in [1.54, 1.807) is 26.0 Å². The molecule has 1 aromatic heterocycles. The van der Waals surface area contributed by atoms with Crippen LogP contribution in [0.25, 0.3) is 22.0 Å². The average molecular weight is 459 g/mol. The minimum Gasteiger partial charge on any atom is -0.464 e. The van der Waals surface area contributed by atoms with Crippen LogP contribution in [0.4, 0.5) is 4.39 Å². The molecule has 2 N–H and O–H groups in total. The quantitative estimate of drug-likeness (QED) is 0.349. The number of nitrogens with one attached hydrogen (secondary N) is 2. The summed E-state index contributed by atoms with van der Waals surface area (Å²) in [6.45, 7) is 3.63. The second kappa shape index (κ2) is 10.3. The molecule has 0 aliphatic rings. The van der Waals surface area contributed by atoms with E-state index in [1.807, 2.05) is 60.8 Å². The number of para-hydroxylation sites is 1. The zero-order valence-corrected chi connectivity index (χ0v) is 19.2. The molecule has 1 unspecified atom stereocenters. The number of halogens is 1. The van der Waals surface area contributed by atoms with E-state index in [9.17, 15) is 14.0 Å². The van der Waals surface area contributed by atoms with Gasteiger partial charge in [-0.15, -0.1) is 0 Å². The average Bonchev–Trinajstić information content (AvgIpc) is 3.26. The number of aromatic nitrogens is 1. The molecule has 4 rings (SSSR count). The van der Waals surface area contributed by atoms with Crippen molar-refractivity contribution in [3.05, 3.63) is 95.9 Å². The van der Waals surface area contributed by atoms with Crippen molar-refractivity contribution in [2.45, 2.75) is 32.2 Å². The number of H-pyrrole nitrogens is 1. The first-order chi connectivity index (χ1) is 16.5. The number of hydrogen-bond donors (Lipinski definition) is 2. The van der Waals surface area contributed by atoms with Crippen molar-refractivity contribution in [1.82, 2.24) is 10.3 Å². The molecule has 0 spiro atoms. The van der Waals surface area contributed by atoms with Crippen LogP contribution >= 0.6 is 0 Å². The minimum atomic E-state index is -0.859. The highest BCUT2D eigenvalue weighted by Crippen LogP contribution is 2.27.